The van der Waals surface area contributed by atoms with Gasteiger partial charge in [0.1, 0.15) is 11.7 Å². The van der Waals surface area contributed by atoms with Crippen LogP contribution in [0.3, 0.4) is 0 Å². The molecule has 4 aromatic rings. The van der Waals surface area contributed by atoms with E-state index in [0.717, 1.165) is 5.52 Å². The molecular weight excluding hydrogens is 529 g/mol. The van der Waals surface area contributed by atoms with Crippen LogP contribution in [0.1, 0.15) is 46.2 Å². The van der Waals surface area contributed by atoms with E-state index in [4.69, 9.17) is 27.9 Å². The lowest BCUT2D eigenvalue weighted by Gasteiger charge is -2.40. The number of nitrogens with one attached hydrogen (secondary N) is 2. The predicted molar refractivity (Wildman–Crippen MR) is 145 cm³/mol. The van der Waals surface area contributed by atoms with Gasteiger partial charge in [0.2, 0.25) is 5.95 Å². The molecule has 0 radical (unpaired) electrons. The maximum atomic E-state index is 12.3. The number of hydrogen-bond donors (Lipinski definition) is 2. The smallest absolute Gasteiger partial charge is 0.408 e. The number of aromatic amines is 1. The topological polar surface area (TPSA) is 138 Å². The molecule has 0 unspecified atom stereocenters. The molecular formula is C25H27Cl2N9O2. The summed E-state index contributed by atoms with van der Waals surface area (Å²) in [5.74, 6) is 0.406. The molecule has 38 heavy (non-hydrogen) atoms. The molecule has 1 amide bonds. The molecule has 1 aliphatic rings. The van der Waals surface area contributed by atoms with Gasteiger partial charge >= 0.3 is 6.09 Å². The Balaban J connectivity index is 1.43. The minimum absolute atomic E-state index is 0.183. The van der Waals surface area contributed by atoms with E-state index in [2.05, 4.69) is 36.7 Å². The van der Waals surface area contributed by atoms with Gasteiger partial charge in [0, 0.05) is 31.2 Å². The monoisotopic (exact) mass is 555 g/mol. The average Bonchev–Trinajstić information content (AvgIpc) is 3.38. The van der Waals surface area contributed by atoms with Crippen LogP contribution in [-0.2, 0) is 11.8 Å². The number of ether oxygens (including phenoxy) is 1. The number of rotatable bonds is 3. The maximum Gasteiger partial charge on any atom is 0.408 e. The van der Waals surface area contributed by atoms with Gasteiger partial charge in [-0.15, -0.1) is 0 Å². The van der Waals surface area contributed by atoms with Crippen molar-refractivity contribution in [1.82, 2.24) is 35.3 Å². The average molecular weight is 556 g/mol. The Morgan fingerprint density at radius 2 is 1.92 bits per heavy atom. The molecule has 0 atom stereocenters. The van der Waals surface area contributed by atoms with Crippen LogP contribution >= 0.6 is 23.2 Å². The number of alkyl carbamates (subject to hydrolysis) is 1. The van der Waals surface area contributed by atoms with Crippen LogP contribution in [0.2, 0.25) is 10.2 Å². The second kappa shape index (κ2) is 9.29. The van der Waals surface area contributed by atoms with Crippen LogP contribution in [0.5, 0.6) is 0 Å². The third kappa shape index (κ3) is 4.70. The highest BCUT2D eigenvalue weighted by Gasteiger charge is 2.34. The zero-order valence-electron chi connectivity index (χ0n) is 21.7. The van der Waals surface area contributed by atoms with E-state index >= 15 is 0 Å². The largest absolute Gasteiger partial charge is 0.444 e. The van der Waals surface area contributed by atoms with E-state index in [-0.39, 0.29) is 10.8 Å². The maximum absolute atomic E-state index is 12.3. The lowest BCUT2D eigenvalue weighted by atomic mass is 9.90. The minimum atomic E-state index is -0.569. The molecule has 0 aliphatic carbocycles. The fourth-order valence-electron chi connectivity index (χ4n) is 4.67. The highest BCUT2D eigenvalue weighted by molar-refractivity contribution is 6.43. The highest BCUT2D eigenvalue weighted by Crippen LogP contribution is 2.40. The molecule has 0 bridgehead atoms. The molecule has 0 spiro atoms. The van der Waals surface area contributed by atoms with Crippen LogP contribution in [0.25, 0.3) is 33.2 Å². The molecule has 198 valence electrons. The van der Waals surface area contributed by atoms with Crippen LogP contribution < -0.4 is 10.2 Å². The molecule has 1 aliphatic heterocycles. The standard InChI is InChI=1S/C25H27Cl2N9O2/c1-24(2,3)38-23(37)31-25(4)8-10-36(11-9-25)22-29-14(12-28)16-19(32-33-21(16)30-22)13-6-7-15-17(18(13)26)20(27)34-35(15)5/h6-7H,8-11H2,1-5H3,(H,31,37)(H,29,30,32,33). The SMILES string of the molecule is Cn1nc(Cl)c2c(Cl)c(-c3[nH]nc4nc(N5CCC(C)(NC(=O)OC(C)(C)C)CC5)nc(C#N)c34)ccc21. The van der Waals surface area contributed by atoms with Crippen LogP contribution in [0.4, 0.5) is 10.7 Å². The summed E-state index contributed by atoms with van der Waals surface area (Å²) in [6.07, 6.45) is 0.873. The number of carbonyl (C=O) groups is 1. The van der Waals surface area contributed by atoms with Gasteiger partial charge in [-0.3, -0.25) is 9.78 Å². The number of halogens is 2. The first-order valence-corrected chi connectivity index (χ1v) is 12.9. The molecule has 11 nitrogen and oxygen atoms in total. The summed E-state index contributed by atoms with van der Waals surface area (Å²) >= 11 is 13.1. The molecule has 4 heterocycles. The van der Waals surface area contributed by atoms with Gasteiger partial charge in [-0.25, -0.2) is 9.78 Å². The lowest BCUT2D eigenvalue weighted by molar-refractivity contribution is 0.0448. The molecule has 1 saturated heterocycles. The van der Waals surface area contributed by atoms with Crippen LogP contribution in [0, 0.1) is 11.3 Å². The van der Waals surface area contributed by atoms with Crippen molar-refractivity contribution in [3.63, 3.8) is 0 Å². The number of anilines is 1. The Labute approximate surface area is 229 Å². The Bertz CT molecular complexity index is 1610. The van der Waals surface area contributed by atoms with Crippen molar-refractivity contribution in [1.29, 1.82) is 5.26 Å². The highest BCUT2D eigenvalue weighted by atomic mass is 35.5. The van der Waals surface area contributed by atoms with Gasteiger partial charge in [-0.05, 0) is 52.7 Å². The van der Waals surface area contributed by atoms with E-state index in [1.165, 1.54) is 0 Å². The van der Waals surface area contributed by atoms with E-state index in [9.17, 15) is 10.1 Å². The summed E-state index contributed by atoms with van der Waals surface area (Å²) in [5.41, 5.74) is 1.47. The van der Waals surface area contributed by atoms with Crippen molar-refractivity contribution in [3.05, 3.63) is 28.0 Å². The number of amides is 1. The summed E-state index contributed by atoms with van der Waals surface area (Å²) in [5, 5.41) is 26.3. The molecule has 1 aromatic carbocycles. The quantitative estimate of drug-likeness (QED) is 0.361. The number of nitrogens with zero attached hydrogens (tertiary/aromatic N) is 7. The van der Waals surface area contributed by atoms with Crippen molar-refractivity contribution in [3.8, 4) is 17.3 Å². The molecule has 1 fully saturated rings. The Morgan fingerprint density at radius 3 is 2.58 bits per heavy atom. The molecule has 3 aromatic heterocycles. The zero-order chi connectivity index (χ0) is 27.4. The van der Waals surface area contributed by atoms with Gasteiger partial charge in [0.25, 0.3) is 0 Å². The second-order valence-corrected chi connectivity index (χ2v) is 11.4. The van der Waals surface area contributed by atoms with Crippen molar-refractivity contribution in [2.45, 2.75) is 51.7 Å². The van der Waals surface area contributed by atoms with Crippen molar-refractivity contribution >= 4 is 57.2 Å². The van der Waals surface area contributed by atoms with E-state index in [1.807, 2.05) is 44.7 Å². The van der Waals surface area contributed by atoms with Gasteiger partial charge in [-0.1, -0.05) is 23.2 Å². The third-order valence-electron chi connectivity index (χ3n) is 6.64. The van der Waals surface area contributed by atoms with E-state index < -0.39 is 17.2 Å². The second-order valence-electron chi connectivity index (χ2n) is 10.7. The molecule has 0 saturated carbocycles. The van der Waals surface area contributed by atoms with Crippen LogP contribution in [0.15, 0.2) is 12.1 Å². The Morgan fingerprint density at radius 1 is 1.21 bits per heavy atom. The first-order chi connectivity index (χ1) is 17.9. The number of aromatic nitrogens is 6. The fourth-order valence-corrected chi connectivity index (χ4v) is 5.36. The van der Waals surface area contributed by atoms with Crippen molar-refractivity contribution < 1.29 is 9.53 Å². The fraction of sp³-hybridized carbons (Fsp3) is 0.440. The number of piperidine rings is 1. The van der Waals surface area contributed by atoms with E-state index in [0.29, 0.717) is 64.6 Å². The number of H-pyrrole nitrogens is 1. The summed E-state index contributed by atoms with van der Waals surface area (Å²) in [7, 11) is 1.79. The summed E-state index contributed by atoms with van der Waals surface area (Å²) in [6.45, 7) is 8.66. The molecule has 13 heteroatoms. The predicted octanol–water partition coefficient (Wildman–Crippen LogP) is 4.97. The normalized spacial score (nSPS) is 15.6. The number of nitriles is 1. The minimum Gasteiger partial charge on any atom is -0.444 e. The lowest BCUT2D eigenvalue weighted by Crippen LogP contribution is -2.54. The summed E-state index contributed by atoms with van der Waals surface area (Å²) in [6, 6.07) is 5.87. The Hall–Kier alpha value is -3.62. The van der Waals surface area contributed by atoms with Crippen LogP contribution in [-0.4, -0.2) is 60.3 Å². The van der Waals surface area contributed by atoms with E-state index in [1.54, 1.807) is 11.7 Å². The number of carbonyl (C=O) groups excluding carboxylic acids is 1. The number of benzene rings is 1. The van der Waals surface area contributed by atoms with Gasteiger partial charge in [0.15, 0.2) is 16.5 Å². The number of fused-ring (bicyclic) bond motifs is 2. The first kappa shape index (κ1) is 26.0. The molecule has 2 N–H and O–H groups in total. The summed E-state index contributed by atoms with van der Waals surface area (Å²) < 4.78 is 7.07. The molecule has 5 rings (SSSR count). The third-order valence-corrected chi connectivity index (χ3v) is 7.30. The van der Waals surface area contributed by atoms with Crippen molar-refractivity contribution in [2.75, 3.05) is 18.0 Å². The number of aryl methyl sites for hydroxylation is 1. The first-order valence-electron chi connectivity index (χ1n) is 12.1. The van der Waals surface area contributed by atoms with Crippen molar-refractivity contribution in [2.24, 2.45) is 7.05 Å². The van der Waals surface area contributed by atoms with Gasteiger partial charge in [-0.2, -0.15) is 20.4 Å². The van der Waals surface area contributed by atoms with Gasteiger partial charge < -0.3 is 15.0 Å². The Kier molecular flexibility index (Phi) is 6.36. The zero-order valence-corrected chi connectivity index (χ0v) is 23.2. The number of hydrogen-bond acceptors (Lipinski definition) is 8. The van der Waals surface area contributed by atoms with Gasteiger partial charge in [0.05, 0.1) is 27.0 Å². The summed E-state index contributed by atoms with van der Waals surface area (Å²) in [4.78, 5) is 23.5.